The molecule has 0 aliphatic heterocycles. The Morgan fingerprint density at radius 1 is 1.50 bits per heavy atom. The summed E-state index contributed by atoms with van der Waals surface area (Å²) in [6.45, 7) is 8.16. The maximum atomic E-state index is 12.1. The molecule has 0 aromatic heterocycles. The molecule has 3 heteroatoms. The Morgan fingerprint density at radius 2 is 2.12 bits per heavy atom. The van der Waals surface area contributed by atoms with Crippen LogP contribution in [0.15, 0.2) is 30.4 Å². The second-order valence-corrected chi connectivity index (χ2v) is 4.19. The van der Waals surface area contributed by atoms with Crippen molar-refractivity contribution in [2.75, 3.05) is 19.3 Å². The molecule has 0 saturated carbocycles. The third kappa shape index (κ3) is 2.86. The number of anilines is 1. The van der Waals surface area contributed by atoms with Crippen molar-refractivity contribution in [1.29, 1.82) is 0 Å². The van der Waals surface area contributed by atoms with Crippen molar-refractivity contribution in [3.8, 4) is 0 Å². The number of likely N-dealkylation sites (N-methyl/N-ethyl adjacent to an activating group) is 1. The van der Waals surface area contributed by atoms with Crippen LogP contribution in [0.4, 0.5) is 5.69 Å². The number of hydrogen-bond donors (Lipinski definition) is 1. The van der Waals surface area contributed by atoms with E-state index < -0.39 is 0 Å². The number of nitrogen functional groups attached to an aromatic ring is 1. The number of nitrogens with zero attached hydrogens (tertiary/aromatic N) is 1. The molecule has 1 aromatic carbocycles. The van der Waals surface area contributed by atoms with E-state index in [-0.39, 0.29) is 5.91 Å². The quantitative estimate of drug-likeness (QED) is 0.624. The van der Waals surface area contributed by atoms with Gasteiger partial charge in [0.1, 0.15) is 0 Å². The topological polar surface area (TPSA) is 46.3 Å². The fourth-order valence-electron chi connectivity index (χ4n) is 1.61. The third-order valence-electron chi connectivity index (χ3n) is 2.33. The fourth-order valence-corrected chi connectivity index (χ4v) is 1.61. The van der Waals surface area contributed by atoms with Gasteiger partial charge in [-0.15, -0.1) is 0 Å². The van der Waals surface area contributed by atoms with E-state index in [9.17, 15) is 4.79 Å². The minimum atomic E-state index is 0.000463. The molecule has 16 heavy (non-hydrogen) atoms. The zero-order valence-corrected chi connectivity index (χ0v) is 10.1. The minimum Gasteiger partial charge on any atom is -0.399 e. The van der Waals surface area contributed by atoms with Crippen molar-refractivity contribution in [3.63, 3.8) is 0 Å². The molecule has 0 aliphatic carbocycles. The van der Waals surface area contributed by atoms with Gasteiger partial charge in [-0.1, -0.05) is 12.2 Å². The van der Waals surface area contributed by atoms with Crippen molar-refractivity contribution in [2.45, 2.75) is 13.8 Å². The van der Waals surface area contributed by atoms with Gasteiger partial charge >= 0.3 is 0 Å². The molecule has 0 saturated heterocycles. The molecular weight excluding hydrogens is 200 g/mol. The van der Waals surface area contributed by atoms with E-state index in [2.05, 4.69) is 6.58 Å². The second-order valence-electron chi connectivity index (χ2n) is 4.19. The molecule has 0 atom stereocenters. The smallest absolute Gasteiger partial charge is 0.254 e. The number of aryl methyl sites for hydroxylation is 1. The van der Waals surface area contributed by atoms with Gasteiger partial charge in [0.05, 0.1) is 0 Å². The standard InChI is InChI=1S/C13H18N2O/c1-9(2)8-15(4)13(16)12-6-5-11(14)7-10(12)3/h5-7H,1,8,14H2,2-4H3. The summed E-state index contributed by atoms with van der Waals surface area (Å²) in [7, 11) is 1.77. The number of carbonyl (C=O) groups is 1. The Balaban J connectivity index is 2.92. The van der Waals surface area contributed by atoms with E-state index in [1.54, 1.807) is 24.1 Å². The summed E-state index contributed by atoms with van der Waals surface area (Å²) >= 11 is 0. The van der Waals surface area contributed by atoms with Crippen LogP contribution in [0.5, 0.6) is 0 Å². The molecule has 1 aromatic rings. The highest BCUT2D eigenvalue weighted by atomic mass is 16.2. The van der Waals surface area contributed by atoms with Gasteiger partial charge in [-0.2, -0.15) is 0 Å². The van der Waals surface area contributed by atoms with E-state index >= 15 is 0 Å². The maximum Gasteiger partial charge on any atom is 0.254 e. The van der Waals surface area contributed by atoms with Crippen LogP contribution in [0.25, 0.3) is 0 Å². The van der Waals surface area contributed by atoms with Gasteiger partial charge < -0.3 is 10.6 Å². The number of hydrogen-bond acceptors (Lipinski definition) is 2. The molecule has 0 fully saturated rings. The van der Waals surface area contributed by atoms with Gasteiger partial charge in [0.25, 0.3) is 5.91 Å². The van der Waals surface area contributed by atoms with Crippen LogP contribution in [0, 0.1) is 6.92 Å². The molecule has 0 spiro atoms. The summed E-state index contributed by atoms with van der Waals surface area (Å²) in [4.78, 5) is 13.7. The summed E-state index contributed by atoms with van der Waals surface area (Å²) < 4.78 is 0. The number of amides is 1. The Morgan fingerprint density at radius 3 is 2.62 bits per heavy atom. The van der Waals surface area contributed by atoms with Crippen LogP contribution in [0.2, 0.25) is 0 Å². The van der Waals surface area contributed by atoms with Gasteiger partial charge in [0.2, 0.25) is 0 Å². The number of benzene rings is 1. The predicted octanol–water partition coefficient (Wildman–Crippen LogP) is 2.23. The fraction of sp³-hybridized carbons (Fsp3) is 0.308. The first-order chi connectivity index (χ1) is 7.41. The molecular formula is C13H18N2O. The van der Waals surface area contributed by atoms with Gasteiger partial charge in [-0.05, 0) is 37.6 Å². The molecule has 86 valence electrons. The lowest BCUT2D eigenvalue weighted by Gasteiger charge is -2.18. The summed E-state index contributed by atoms with van der Waals surface area (Å²) in [5, 5.41) is 0. The Labute approximate surface area is 96.6 Å². The zero-order valence-electron chi connectivity index (χ0n) is 10.1. The normalized spacial score (nSPS) is 9.94. The molecule has 3 nitrogen and oxygen atoms in total. The van der Waals surface area contributed by atoms with Crippen LogP contribution < -0.4 is 5.73 Å². The Hall–Kier alpha value is -1.77. The molecule has 0 unspecified atom stereocenters. The molecule has 0 heterocycles. The minimum absolute atomic E-state index is 0.000463. The van der Waals surface area contributed by atoms with E-state index in [1.807, 2.05) is 19.9 Å². The number of rotatable bonds is 3. The average Bonchev–Trinajstić information content (AvgIpc) is 2.15. The molecule has 1 amide bonds. The predicted molar refractivity (Wildman–Crippen MR) is 67.4 cm³/mol. The van der Waals surface area contributed by atoms with Crippen LogP contribution in [0.3, 0.4) is 0 Å². The van der Waals surface area contributed by atoms with Gasteiger partial charge in [0, 0.05) is 24.8 Å². The van der Waals surface area contributed by atoms with Crippen molar-refractivity contribution in [2.24, 2.45) is 0 Å². The Bertz CT molecular complexity index is 424. The van der Waals surface area contributed by atoms with Crippen LogP contribution in [-0.4, -0.2) is 24.4 Å². The first-order valence-corrected chi connectivity index (χ1v) is 5.17. The van der Waals surface area contributed by atoms with Crippen LogP contribution in [0.1, 0.15) is 22.8 Å². The largest absolute Gasteiger partial charge is 0.399 e. The van der Waals surface area contributed by atoms with Gasteiger partial charge in [-0.25, -0.2) is 0 Å². The number of carbonyl (C=O) groups excluding carboxylic acids is 1. The summed E-state index contributed by atoms with van der Waals surface area (Å²) in [6, 6.07) is 5.32. The second kappa shape index (κ2) is 4.84. The molecule has 0 radical (unpaired) electrons. The van der Waals surface area contributed by atoms with Gasteiger partial charge in [0.15, 0.2) is 0 Å². The van der Waals surface area contributed by atoms with E-state index in [0.29, 0.717) is 17.8 Å². The lowest BCUT2D eigenvalue weighted by Crippen LogP contribution is -2.28. The molecule has 2 N–H and O–H groups in total. The SMILES string of the molecule is C=C(C)CN(C)C(=O)c1ccc(N)cc1C. The summed E-state index contributed by atoms with van der Waals surface area (Å²) in [5.41, 5.74) is 8.88. The highest BCUT2D eigenvalue weighted by Crippen LogP contribution is 2.14. The first kappa shape index (κ1) is 12.3. The number of nitrogens with two attached hydrogens (primary N) is 1. The molecule has 1 rings (SSSR count). The van der Waals surface area contributed by atoms with Crippen molar-refractivity contribution in [3.05, 3.63) is 41.5 Å². The monoisotopic (exact) mass is 218 g/mol. The van der Waals surface area contributed by atoms with E-state index in [1.165, 1.54) is 0 Å². The highest BCUT2D eigenvalue weighted by Gasteiger charge is 2.13. The maximum absolute atomic E-state index is 12.1. The summed E-state index contributed by atoms with van der Waals surface area (Å²) in [6.07, 6.45) is 0. The van der Waals surface area contributed by atoms with Gasteiger partial charge in [-0.3, -0.25) is 4.79 Å². The molecule has 0 bridgehead atoms. The van der Waals surface area contributed by atoms with Crippen LogP contribution in [-0.2, 0) is 0 Å². The zero-order chi connectivity index (χ0) is 12.3. The van der Waals surface area contributed by atoms with Crippen molar-refractivity contribution < 1.29 is 4.79 Å². The first-order valence-electron chi connectivity index (χ1n) is 5.17. The van der Waals surface area contributed by atoms with E-state index in [4.69, 9.17) is 5.73 Å². The average molecular weight is 218 g/mol. The van der Waals surface area contributed by atoms with Crippen molar-refractivity contribution in [1.82, 2.24) is 4.90 Å². The Kier molecular flexibility index (Phi) is 3.72. The third-order valence-corrected chi connectivity index (χ3v) is 2.33. The lowest BCUT2D eigenvalue weighted by molar-refractivity contribution is 0.0806. The lowest BCUT2D eigenvalue weighted by atomic mass is 10.1. The highest BCUT2D eigenvalue weighted by molar-refractivity contribution is 5.96. The molecule has 0 aliphatic rings. The summed E-state index contributed by atoms with van der Waals surface area (Å²) in [5.74, 6) is 0.000463. The van der Waals surface area contributed by atoms with Crippen molar-refractivity contribution >= 4 is 11.6 Å². The van der Waals surface area contributed by atoms with Crippen LogP contribution >= 0.6 is 0 Å². The van der Waals surface area contributed by atoms with E-state index in [0.717, 1.165) is 11.1 Å².